The number of hydrogen-bond acceptors (Lipinski definition) is 3. The predicted octanol–water partition coefficient (Wildman–Crippen LogP) is 2.65. The van der Waals surface area contributed by atoms with Crippen LogP contribution in [0.3, 0.4) is 0 Å². The van der Waals surface area contributed by atoms with Gasteiger partial charge in [0.25, 0.3) is 0 Å². The molecule has 1 aromatic carbocycles. The van der Waals surface area contributed by atoms with Crippen molar-refractivity contribution in [3.63, 3.8) is 0 Å². The summed E-state index contributed by atoms with van der Waals surface area (Å²) in [5, 5.41) is 0. The molecule has 1 heterocycles. The van der Waals surface area contributed by atoms with E-state index >= 15 is 0 Å². The highest BCUT2D eigenvalue weighted by molar-refractivity contribution is 5.90. The van der Waals surface area contributed by atoms with Crippen molar-refractivity contribution in [1.82, 2.24) is 9.97 Å². The molecule has 0 spiro atoms. The Bertz CT molecular complexity index is 535. The average Bonchev–Trinajstić information content (AvgIpc) is 2.30. The molecule has 0 amide bonds. The van der Waals surface area contributed by atoms with Crippen molar-refractivity contribution in [3.8, 4) is 11.3 Å². The molecular weight excluding hydrogens is 200 g/mol. The van der Waals surface area contributed by atoms with E-state index in [0.717, 1.165) is 16.8 Å². The minimum atomic E-state index is -0.115. The van der Waals surface area contributed by atoms with Gasteiger partial charge in [-0.15, -0.1) is 0 Å². The number of benzene rings is 1. The summed E-state index contributed by atoms with van der Waals surface area (Å²) in [5.41, 5.74) is 2.96. The van der Waals surface area contributed by atoms with Crippen LogP contribution in [0.4, 0.5) is 0 Å². The summed E-state index contributed by atoms with van der Waals surface area (Å²) in [5.74, 6) is 0.149. The van der Waals surface area contributed by atoms with E-state index in [0.29, 0.717) is 0 Å². The number of carbonyl (C=O) groups is 1. The number of hydrogen-bond donors (Lipinski definition) is 0. The van der Waals surface area contributed by atoms with E-state index in [9.17, 15) is 4.79 Å². The summed E-state index contributed by atoms with van der Waals surface area (Å²) < 4.78 is 0. The summed E-state index contributed by atoms with van der Waals surface area (Å²) in [6, 6.07) is 9.75. The molecule has 1 aromatic heterocycles. The van der Waals surface area contributed by atoms with Gasteiger partial charge in [0.15, 0.2) is 11.6 Å². The number of carbonyl (C=O) groups excluding carboxylic acids is 1. The molecule has 0 unspecified atom stereocenters. The summed E-state index contributed by atoms with van der Waals surface area (Å²) in [4.78, 5) is 19.4. The maximum absolute atomic E-state index is 11.2. The number of aryl methyl sites for hydroxylation is 1. The fraction of sp³-hybridized carbons (Fsp3) is 0.154. The minimum Gasteiger partial charge on any atom is -0.291 e. The van der Waals surface area contributed by atoms with Gasteiger partial charge in [-0.3, -0.25) is 4.79 Å². The highest BCUT2D eigenvalue weighted by Gasteiger charge is 2.06. The standard InChI is InChI=1S/C13H12N2O/c1-9-5-3-4-6-11(9)12-7-8-14-13(15-12)10(2)16/h3-8H,1-2H3. The zero-order chi connectivity index (χ0) is 11.5. The van der Waals surface area contributed by atoms with E-state index in [-0.39, 0.29) is 11.6 Å². The van der Waals surface area contributed by atoms with Gasteiger partial charge in [-0.25, -0.2) is 9.97 Å². The van der Waals surface area contributed by atoms with Gasteiger partial charge in [-0.05, 0) is 18.6 Å². The summed E-state index contributed by atoms with van der Waals surface area (Å²) in [6.07, 6.45) is 1.62. The Morgan fingerprint density at radius 3 is 2.62 bits per heavy atom. The van der Waals surface area contributed by atoms with Crippen molar-refractivity contribution in [2.24, 2.45) is 0 Å². The summed E-state index contributed by atoms with van der Waals surface area (Å²) in [7, 11) is 0. The molecule has 0 radical (unpaired) electrons. The lowest BCUT2D eigenvalue weighted by atomic mass is 10.1. The third kappa shape index (κ3) is 1.98. The summed E-state index contributed by atoms with van der Waals surface area (Å²) in [6.45, 7) is 3.49. The Morgan fingerprint density at radius 2 is 1.94 bits per heavy atom. The fourth-order valence-electron chi connectivity index (χ4n) is 1.54. The zero-order valence-corrected chi connectivity index (χ0v) is 9.27. The smallest absolute Gasteiger partial charge is 0.196 e. The Kier molecular flexibility index (Phi) is 2.77. The minimum absolute atomic E-state index is 0.115. The number of Topliss-reactive ketones (excluding diaryl/α,β-unsaturated/α-hetero) is 1. The Hall–Kier alpha value is -2.03. The third-order valence-electron chi connectivity index (χ3n) is 2.39. The van der Waals surface area contributed by atoms with Crippen LogP contribution in [0.1, 0.15) is 23.1 Å². The first-order valence-corrected chi connectivity index (χ1v) is 5.08. The molecule has 0 aliphatic rings. The maximum atomic E-state index is 11.2. The van der Waals surface area contributed by atoms with Crippen LogP contribution >= 0.6 is 0 Å². The van der Waals surface area contributed by atoms with Crippen LogP contribution in [0.15, 0.2) is 36.5 Å². The third-order valence-corrected chi connectivity index (χ3v) is 2.39. The molecule has 16 heavy (non-hydrogen) atoms. The van der Waals surface area contributed by atoms with Gasteiger partial charge < -0.3 is 0 Å². The highest BCUT2D eigenvalue weighted by atomic mass is 16.1. The number of aromatic nitrogens is 2. The van der Waals surface area contributed by atoms with E-state index in [1.807, 2.05) is 37.3 Å². The Morgan fingerprint density at radius 1 is 1.19 bits per heavy atom. The lowest BCUT2D eigenvalue weighted by Crippen LogP contribution is -2.01. The monoisotopic (exact) mass is 212 g/mol. The molecule has 3 nitrogen and oxygen atoms in total. The van der Waals surface area contributed by atoms with Gasteiger partial charge in [0.1, 0.15) is 0 Å². The van der Waals surface area contributed by atoms with Crippen LogP contribution in [0.2, 0.25) is 0 Å². The molecule has 2 aromatic rings. The van der Waals surface area contributed by atoms with Gasteiger partial charge in [-0.1, -0.05) is 24.3 Å². The van der Waals surface area contributed by atoms with E-state index in [1.165, 1.54) is 6.92 Å². The van der Waals surface area contributed by atoms with Crippen LogP contribution in [0.25, 0.3) is 11.3 Å². The first-order chi connectivity index (χ1) is 7.68. The molecule has 3 heteroatoms. The quantitative estimate of drug-likeness (QED) is 0.719. The second kappa shape index (κ2) is 4.23. The molecule has 0 saturated heterocycles. The van der Waals surface area contributed by atoms with Gasteiger partial charge in [0, 0.05) is 18.7 Å². The first-order valence-electron chi connectivity index (χ1n) is 5.08. The van der Waals surface area contributed by atoms with Crippen LogP contribution < -0.4 is 0 Å². The van der Waals surface area contributed by atoms with Crippen LogP contribution in [0.5, 0.6) is 0 Å². The molecule has 0 aliphatic carbocycles. The molecule has 0 bridgehead atoms. The number of ketones is 1. The van der Waals surface area contributed by atoms with Gasteiger partial charge in [0.05, 0.1) is 5.69 Å². The van der Waals surface area contributed by atoms with E-state index in [4.69, 9.17) is 0 Å². The maximum Gasteiger partial charge on any atom is 0.196 e. The van der Waals surface area contributed by atoms with E-state index in [1.54, 1.807) is 6.20 Å². The SMILES string of the molecule is CC(=O)c1nccc(-c2ccccc2C)n1. The lowest BCUT2D eigenvalue weighted by molar-refractivity contribution is 0.100. The highest BCUT2D eigenvalue weighted by Crippen LogP contribution is 2.20. The predicted molar refractivity (Wildman–Crippen MR) is 62.2 cm³/mol. The largest absolute Gasteiger partial charge is 0.291 e. The van der Waals surface area contributed by atoms with E-state index < -0.39 is 0 Å². The molecule has 80 valence electrons. The zero-order valence-electron chi connectivity index (χ0n) is 9.27. The summed E-state index contributed by atoms with van der Waals surface area (Å²) >= 11 is 0. The molecule has 0 atom stereocenters. The fourth-order valence-corrected chi connectivity index (χ4v) is 1.54. The Labute approximate surface area is 94.2 Å². The van der Waals surface area contributed by atoms with Gasteiger partial charge >= 0.3 is 0 Å². The average molecular weight is 212 g/mol. The van der Waals surface area contributed by atoms with Gasteiger partial charge in [-0.2, -0.15) is 0 Å². The van der Waals surface area contributed by atoms with E-state index in [2.05, 4.69) is 9.97 Å². The molecule has 0 fully saturated rings. The first kappa shape index (κ1) is 10.5. The van der Waals surface area contributed by atoms with Crippen LogP contribution in [-0.2, 0) is 0 Å². The lowest BCUT2D eigenvalue weighted by Gasteiger charge is -2.04. The van der Waals surface area contributed by atoms with Crippen molar-refractivity contribution in [3.05, 3.63) is 47.9 Å². The Balaban J connectivity index is 2.53. The topological polar surface area (TPSA) is 42.9 Å². The second-order valence-corrected chi connectivity index (χ2v) is 3.64. The molecule has 0 N–H and O–H groups in total. The van der Waals surface area contributed by atoms with Crippen molar-refractivity contribution in [2.75, 3.05) is 0 Å². The van der Waals surface area contributed by atoms with Crippen molar-refractivity contribution >= 4 is 5.78 Å². The second-order valence-electron chi connectivity index (χ2n) is 3.64. The van der Waals surface area contributed by atoms with Crippen molar-refractivity contribution < 1.29 is 4.79 Å². The molecule has 0 saturated carbocycles. The normalized spacial score (nSPS) is 10.1. The van der Waals surface area contributed by atoms with Crippen LogP contribution in [-0.4, -0.2) is 15.8 Å². The molecule has 2 rings (SSSR count). The number of rotatable bonds is 2. The van der Waals surface area contributed by atoms with Crippen molar-refractivity contribution in [1.29, 1.82) is 0 Å². The van der Waals surface area contributed by atoms with Crippen molar-refractivity contribution in [2.45, 2.75) is 13.8 Å². The van der Waals surface area contributed by atoms with Gasteiger partial charge in [0.2, 0.25) is 0 Å². The van der Waals surface area contributed by atoms with Crippen LogP contribution in [0, 0.1) is 6.92 Å². The molecule has 0 aliphatic heterocycles. The molecular formula is C13H12N2O. The number of nitrogens with zero attached hydrogens (tertiary/aromatic N) is 2.